The molecular formula is C17H20F2N4O. The molecule has 1 aliphatic heterocycles. The molecule has 0 spiro atoms. The summed E-state index contributed by atoms with van der Waals surface area (Å²) in [6, 6.07) is 3.49. The number of aliphatic hydroxyl groups excluding tert-OH is 1. The molecule has 5 nitrogen and oxygen atoms in total. The van der Waals surface area contributed by atoms with Crippen molar-refractivity contribution in [1.82, 2.24) is 15.2 Å². The Kier molecular flexibility index (Phi) is 4.71. The second-order valence-electron chi connectivity index (χ2n) is 5.94. The first-order chi connectivity index (χ1) is 11.5. The number of hydrogen-bond acceptors (Lipinski definition) is 5. The molecule has 3 rings (SSSR count). The molecule has 0 aliphatic carbocycles. The van der Waals surface area contributed by atoms with Crippen molar-refractivity contribution in [1.29, 1.82) is 0 Å². The smallest absolute Gasteiger partial charge is 0.246 e. The molecule has 2 unspecified atom stereocenters. The zero-order valence-electron chi connectivity index (χ0n) is 13.7. The maximum atomic E-state index is 13.6. The first-order valence-corrected chi connectivity index (χ1v) is 8.15. The van der Waals surface area contributed by atoms with Gasteiger partial charge < -0.3 is 10.0 Å². The van der Waals surface area contributed by atoms with Crippen LogP contribution in [-0.2, 0) is 12.8 Å². The van der Waals surface area contributed by atoms with E-state index >= 15 is 0 Å². The lowest BCUT2D eigenvalue weighted by Gasteiger charge is -2.25. The first kappa shape index (κ1) is 16.7. The fourth-order valence-corrected chi connectivity index (χ4v) is 3.12. The van der Waals surface area contributed by atoms with Gasteiger partial charge in [-0.1, -0.05) is 19.9 Å². The van der Waals surface area contributed by atoms with Gasteiger partial charge in [0.2, 0.25) is 5.95 Å². The Morgan fingerprint density at radius 3 is 2.54 bits per heavy atom. The number of aliphatic hydroxyl groups is 1. The monoisotopic (exact) mass is 334 g/mol. The summed E-state index contributed by atoms with van der Waals surface area (Å²) in [4.78, 5) is 6.38. The quantitative estimate of drug-likeness (QED) is 0.931. The fraction of sp³-hybridized carbons (Fsp3) is 0.471. The van der Waals surface area contributed by atoms with E-state index in [-0.39, 0.29) is 6.04 Å². The Labute approximate surface area is 139 Å². The predicted octanol–water partition coefficient (Wildman–Crippen LogP) is 2.59. The van der Waals surface area contributed by atoms with Crippen LogP contribution in [0, 0.1) is 11.6 Å². The van der Waals surface area contributed by atoms with Gasteiger partial charge in [-0.15, -0.1) is 5.10 Å². The van der Waals surface area contributed by atoms with E-state index in [1.807, 2.05) is 18.7 Å². The minimum atomic E-state index is -0.900. The highest BCUT2D eigenvalue weighted by Crippen LogP contribution is 2.35. The first-order valence-electron chi connectivity index (χ1n) is 8.15. The van der Waals surface area contributed by atoms with Crippen molar-refractivity contribution in [3.05, 3.63) is 46.8 Å². The van der Waals surface area contributed by atoms with Crippen molar-refractivity contribution in [2.75, 3.05) is 11.4 Å². The number of anilines is 1. The highest BCUT2D eigenvalue weighted by molar-refractivity contribution is 5.40. The van der Waals surface area contributed by atoms with Gasteiger partial charge in [0, 0.05) is 6.54 Å². The molecule has 0 radical (unpaired) electrons. The van der Waals surface area contributed by atoms with Crippen molar-refractivity contribution in [3.63, 3.8) is 0 Å². The van der Waals surface area contributed by atoms with Gasteiger partial charge in [-0.3, -0.25) is 0 Å². The molecule has 0 amide bonds. The van der Waals surface area contributed by atoms with Crippen LogP contribution in [0.15, 0.2) is 18.2 Å². The fourth-order valence-electron chi connectivity index (χ4n) is 3.12. The van der Waals surface area contributed by atoms with Gasteiger partial charge in [-0.05, 0) is 37.0 Å². The van der Waals surface area contributed by atoms with Crippen molar-refractivity contribution in [2.24, 2.45) is 0 Å². The van der Waals surface area contributed by atoms with E-state index in [0.29, 0.717) is 24.5 Å². The zero-order valence-corrected chi connectivity index (χ0v) is 13.7. The average Bonchev–Trinajstić information content (AvgIpc) is 2.98. The molecule has 0 saturated carbocycles. The normalized spacial score (nSPS) is 20.6. The summed E-state index contributed by atoms with van der Waals surface area (Å²) in [6.07, 6.45) is 1.31. The lowest BCUT2D eigenvalue weighted by atomic mass is 10.0. The minimum absolute atomic E-state index is 0.311. The van der Waals surface area contributed by atoms with Crippen LogP contribution in [0.2, 0.25) is 0 Å². The molecule has 0 bridgehead atoms. The van der Waals surface area contributed by atoms with E-state index in [2.05, 4.69) is 15.2 Å². The molecule has 24 heavy (non-hydrogen) atoms. The van der Waals surface area contributed by atoms with Gasteiger partial charge >= 0.3 is 0 Å². The Morgan fingerprint density at radius 2 is 1.88 bits per heavy atom. The summed E-state index contributed by atoms with van der Waals surface area (Å²) in [5.74, 6) is -1.37. The summed E-state index contributed by atoms with van der Waals surface area (Å²) in [5.41, 5.74) is 2.31. The third kappa shape index (κ3) is 3.08. The van der Waals surface area contributed by atoms with Crippen LogP contribution in [0.1, 0.15) is 43.3 Å². The second-order valence-corrected chi connectivity index (χ2v) is 5.94. The van der Waals surface area contributed by atoms with Gasteiger partial charge in [0.25, 0.3) is 0 Å². The van der Waals surface area contributed by atoms with Gasteiger partial charge in [0.05, 0.1) is 23.5 Å². The minimum Gasteiger partial charge on any atom is -0.391 e. The standard InChI is InChI=1S/C17H20F2N4O/c1-3-14-15(4-2)21-22-17(20-14)23-9-11(24)8-16(23)10-5-6-12(18)13(19)7-10/h5-7,11,16,24H,3-4,8-9H2,1-2H3. The van der Waals surface area contributed by atoms with Crippen LogP contribution in [-0.4, -0.2) is 32.9 Å². The molecule has 1 aromatic carbocycles. The van der Waals surface area contributed by atoms with Gasteiger partial charge in [0.1, 0.15) is 0 Å². The molecule has 128 valence electrons. The van der Waals surface area contributed by atoms with Crippen LogP contribution in [0.3, 0.4) is 0 Å². The molecule has 1 fully saturated rings. The van der Waals surface area contributed by atoms with Gasteiger partial charge in [0.15, 0.2) is 11.6 Å². The third-order valence-electron chi connectivity index (χ3n) is 4.36. The molecule has 1 saturated heterocycles. The van der Waals surface area contributed by atoms with E-state index in [4.69, 9.17) is 0 Å². The Morgan fingerprint density at radius 1 is 1.12 bits per heavy atom. The lowest BCUT2D eigenvalue weighted by Crippen LogP contribution is -2.27. The van der Waals surface area contributed by atoms with Crippen LogP contribution in [0.5, 0.6) is 0 Å². The number of rotatable bonds is 4. The molecule has 1 aromatic heterocycles. The van der Waals surface area contributed by atoms with Gasteiger partial charge in [-0.2, -0.15) is 5.10 Å². The number of aromatic nitrogens is 3. The molecular weight excluding hydrogens is 314 g/mol. The van der Waals surface area contributed by atoms with Crippen LogP contribution < -0.4 is 4.90 Å². The van der Waals surface area contributed by atoms with E-state index in [0.717, 1.165) is 30.3 Å². The third-order valence-corrected chi connectivity index (χ3v) is 4.36. The molecule has 1 N–H and O–H groups in total. The number of β-amino-alcohol motifs (C(OH)–C–C–N with tert-alkyl or cyclic N) is 1. The van der Waals surface area contributed by atoms with E-state index in [9.17, 15) is 13.9 Å². The number of halogens is 2. The van der Waals surface area contributed by atoms with Gasteiger partial charge in [-0.25, -0.2) is 13.8 Å². The van der Waals surface area contributed by atoms with E-state index < -0.39 is 17.7 Å². The Hall–Kier alpha value is -2.15. The molecule has 1 aliphatic rings. The summed E-state index contributed by atoms with van der Waals surface area (Å²) < 4.78 is 26.8. The van der Waals surface area contributed by atoms with Crippen LogP contribution >= 0.6 is 0 Å². The van der Waals surface area contributed by atoms with Crippen LogP contribution in [0.4, 0.5) is 14.7 Å². The number of benzene rings is 1. The number of aryl methyl sites for hydroxylation is 2. The van der Waals surface area contributed by atoms with Crippen molar-refractivity contribution < 1.29 is 13.9 Å². The van der Waals surface area contributed by atoms with Crippen molar-refractivity contribution in [3.8, 4) is 0 Å². The molecule has 2 aromatic rings. The lowest BCUT2D eigenvalue weighted by molar-refractivity contribution is 0.194. The van der Waals surface area contributed by atoms with Crippen LogP contribution in [0.25, 0.3) is 0 Å². The largest absolute Gasteiger partial charge is 0.391 e. The number of nitrogens with zero attached hydrogens (tertiary/aromatic N) is 4. The summed E-state index contributed by atoms with van der Waals surface area (Å²) >= 11 is 0. The van der Waals surface area contributed by atoms with E-state index in [1.54, 1.807) is 0 Å². The summed E-state index contributed by atoms with van der Waals surface area (Å²) in [7, 11) is 0. The highest BCUT2D eigenvalue weighted by atomic mass is 19.2. The average molecular weight is 334 g/mol. The maximum absolute atomic E-state index is 13.6. The predicted molar refractivity (Wildman–Crippen MR) is 85.7 cm³/mol. The van der Waals surface area contributed by atoms with Crippen molar-refractivity contribution >= 4 is 5.95 Å². The summed E-state index contributed by atoms with van der Waals surface area (Å²) in [5, 5.41) is 18.5. The SMILES string of the molecule is CCc1nnc(N2CC(O)CC2c2ccc(F)c(F)c2)nc1CC. The summed E-state index contributed by atoms with van der Waals surface area (Å²) in [6.45, 7) is 4.33. The molecule has 7 heteroatoms. The van der Waals surface area contributed by atoms with Crippen molar-refractivity contribution in [2.45, 2.75) is 45.3 Å². The maximum Gasteiger partial charge on any atom is 0.246 e. The number of hydrogen-bond donors (Lipinski definition) is 1. The zero-order chi connectivity index (χ0) is 17.3. The second kappa shape index (κ2) is 6.76. The van der Waals surface area contributed by atoms with E-state index in [1.165, 1.54) is 12.1 Å². The Balaban J connectivity index is 1.97. The molecule has 2 atom stereocenters. The highest BCUT2D eigenvalue weighted by Gasteiger charge is 2.34. The Bertz CT molecular complexity index is 741. The molecule has 2 heterocycles. The topological polar surface area (TPSA) is 62.1 Å².